The van der Waals surface area contributed by atoms with Crippen molar-refractivity contribution in [2.75, 3.05) is 13.1 Å². The van der Waals surface area contributed by atoms with Gasteiger partial charge in [0.2, 0.25) is 0 Å². The molecule has 0 amide bonds. The van der Waals surface area contributed by atoms with Gasteiger partial charge in [-0.2, -0.15) is 17.4 Å². The van der Waals surface area contributed by atoms with Gasteiger partial charge in [-0.15, -0.1) is 0 Å². The first-order valence-corrected chi connectivity index (χ1v) is 5.65. The van der Waals surface area contributed by atoms with E-state index in [-0.39, 0.29) is 6.04 Å². The molecule has 0 spiro atoms. The van der Waals surface area contributed by atoms with E-state index in [1.807, 2.05) is 13.8 Å². The Morgan fingerprint density at radius 1 is 1.25 bits per heavy atom. The van der Waals surface area contributed by atoms with Crippen LogP contribution in [0.25, 0.3) is 0 Å². The smallest absolute Gasteiger partial charge is 0.200 e. The van der Waals surface area contributed by atoms with Gasteiger partial charge >= 0.3 is 0 Å². The molecule has 4 nitrogen and oxygen atoms in total. The zero-order valence-corrected chi connectivity index (χ0v) is 8.98. The minimum atomic E-state index is -3.24. The standard InChI is InChI=1S/C7H18N2O2S/c1-5-9(6-2)12(10,11)8-7(3)4/h7-8H,5-6H2,1-4H3. The van der Waals surface area contributed by atoms with Gasteiger partial charge in [0.05, 0.1) is 0 Å². The number of nitrogens with one attached hydrogen (secondary N) is 1. The SMILES string of the molecule is CCN(CC)S(=O)(=O)NC(C)C. The van der Waals surface area contributed by atoms with Crippen molar-refractivity contribution in [2.24, 2.45) is 0 Å². The van der Waals surface area contributed by atoms with E-state index in [2.05, 4.69) is 4.72 Å². The molecular formula is C7H18N2O2S. The van der Waals surface area contributed by atoms with Crippen LogP contribution in [0.2, 0.25) is 0 Å². The van der Waals surface area contributed by atoms with Gasteiger partial charge in [-0.25, -0.2) is 0 Å². The van der Waals surface area contributed by atoms with Crippen molar-refractivity contribution >= 4 is 10.2 Å². The molecular weight excluding hydrogens is 176 g/mol. The highest BCUT2D eigenvalue weighted by atomic mass is 32.2. The van der Waals surface area contributed by atoms with Crippen molar-refractivity contribution in [1.29, 1.82) is 0 Å². The summed E-state index contributed by atoms with van der Waals surface area (Å²) >= 11 is 0. The quantitative estimate of drug-likeness (QED) is 0.695. The van der Waals surface area contributed by atoms with E-state index in [0.717, 1.165) is 0 Å². The van der Waals surface area contributed by atoms with Gasteiger partial charge in [-0.3, -0.25) is 0 Å². The number of rotatable bonds is 5. The zero-order valence-electron chi connectivity index (χ0n) is 8.16. The minimum absolute atomic E-state index is 0.0457. The summed E-state index contributed by atoms with van der Waals surface area (Å²) < 4.78 is 26.8. The lowest BCUT2D eigenvalue weighted by Crippen LogP contribution is -2.43. The Kier molecular flexibility index (Phi) is 4.74. The summed E-state index contributed by atoms with van der Waals surface area (Å²) in [7, 11) is -3.24. The Morgan fingerprint density at radius 2 is 1.67 bits per heavy atom. The summed E-state index contributed by atoms with van der Waals surface area (Å²) in [6.07, 6.45) is 0. The van der Waals surface area contributed by atoms with Crippen LogP contribution in [0, 0.1) is 0 Å². The predicted molar refractivity (Wildman–Crippen MR) is 50.1 cm³/mol. The van der Waals surface area contributed by atoms with Crippen LogP contribution in [0.3, 0.4) is 0 Å². The maximum absolute atomic E-state index is 11.4. The first-order valence-electron chi connectivity index (χ1n) is 4.21. The topological polar surface area (TPSA) is 49.4 Å². The maximum Gasteiger partial charge on any atom is 0.279 e. The second-order valence-corrected chi connectivity index (χ2v) is 4.56. The van der Waals surface area contributed by atoms with E-state index >= 15 is 0 Å². The Hall–Kier alpha value is -0.130. The molecule has 0 atom stereocenters. The Balaban J connectivity index is 4.38. The molecule has 0 radical (unpaired) electrons. The molecule has 0 saturated heterocycles. The summed E-state index contributed by atoms with van der Waals surface area (Å²) in [4.78, 5) is 0. The molecule has 0 aromatic rings. The van der Waals surface area contributed by atoms with Crippen molar-refractivity contribution in [3.8, 4) is 0 Å². The highest BCUT2D eigenvalue weighted by Crippen LogP contribution is 1.97. The summed E-state index contributed by atoms with van der Waals surface area (Å²) in [5.41, 5.74) is 0. The summed E-state index contributed by atoms with van der Waals surface area (Å²) in [5.74, 6) is 0. The van der Waals surface area contributed by atoms with Gasteiger partial charge in [-0.05, 0) is 13.8 Å². The van der Waals surface area contributed by atoms with E-state index in [0.29, 0.717) is 13.1 Å². The van der Waals surface area contributed by atoms with Crippen LogP contribution in [0.5, 0.6) is 0 Å². The molecule has 0 aliphatic carbocycles. The Labute approximate surface area is 75.1 Å². The average Bonchev–Trinajstić information content (AvgIpc) is 1.85. The van der Waals surface area contributed by atoms with Crippen LogP contribution < -0.4 is 4.72 Å². The van der Waals surface area contributed by atoms with Crippen LogP contribution in [-0.4, -0.2) is 31.9 Å². The van der Waals surface area contributed by atoms with Crippen molar-refractivity contribution in [3.63, 3.8) is 0 Å². The first kappa shape index (κ1) is 11.9. The fourth-order valence-corrected chi connectivity index (χ4v) is 2.36. The highest BCUT2D eigenvalue weighted by Gasteiger charge is 2.18. The van der Waals surface area contributed by atoms with Crippen molar-refractivity contribution in [2.45, 2.75) is 33.7 Å². The largest absolute Gasteiger partial charge is 0.279 e. The number of hydrogen-bond donors (Lipinski definition) is 1. The third-order valence-corrected chi connectivity index (χ3v) is 3.40. The molecule has 0 aliphatic rings. The first-order chi connectivity index (χ1) is 5.44. The van der Waals surface area contributed by atoms with Crippen LogP contribution in [0.15, 0.2) is 0 Å². The third kappa shape index (κ3) is 3.51. The molecule has 12 heavy (non-hydrogen) atoms. The van der Waals surface area contributed by atoms with E-state index < -0.39 is 10.2 Å². The normalized spacial score (nSPS) is 12.8. The number of nitrogens with zero attached hydrogens (tertiary/aromatic N) is 1. The molecule has 0 fully saturated rings. The molecule has 0 saturated carbocycles. The van der Waals surface area contributed by atoms with Gasteiger partial charge in [0.15, 0.2) is 0 Å². The summed E-state index contributed by atoms with van der Waals surface area (Å²) in [6.45, 7) is 8.28. The average molecular weight is 194 g/mol. The van der Waals surface area contributed by atoms with Gasteiger partial charge in [-0.1, -0.05) is 13.8 Å². The van der Waals surface area contributed by atoms with Gasteiger partial charge < -0.3 is 0 Å². The fraction of sp³-hybridized carbons (Fsp3) is 1.00. The lowest BCUT2D eigenvalue weighted by atomic mass is 10.4. The fourth-order valence-electron chi connectivity index (χ4n) is 0.936. The van der Waals surface area contributed by atoms with Crippen LogP contribution in [0.1, 0.15) is 27.7 Å². The second kappa shape index (κ2) is 4.79. The van der Waals surface area contributed by atoms with E-state index in [4.69, 9.17) is 0 Å². The molecule has 0 rings (SSSR count). The molecule has 5 heteroatoms. The predicted octanol–water partition coefficient (Wildman–Crippen LogP) is 0.571. The maximum atomic E-state index is 11.4. The van der Waals surface area contributed by atoms with Gasteiger partial charge in [0.1, 0.15) is 0 Å². The lowest BCUT2D eigenvalue weighted by Gasteiger charge is -2.20. The van der Waals surface area contributed by atoms with E-state index in [1.165, 1.54) is 4.31 Å². The molecule has 1 N–H and O–H groups in total. The Morgan fingerprint density at radius 3 is 1.92 bits per heavy atom. The van der Waals surface area contributed by atoms with E-state index in [9.17, 15) is 8.42 Å². The molecule has 0 heterocycles. The van der Waals surface area contributed by atoms with E-state index in [1.54, 1.807) is 13.8 Å². The molecule has 0 aromatic heterocycles. The molecule has 0 aromatic carbocycles. The highest BCUT2D eigenvalue weighted by molar-refractivity contribution is 7.87. The van der Waals surface area contributed by atoms with Crippen molar-refractivity contribution in [1.82, 2.24) is 9.03 Å². The molecule has 0 bridgehead atoms. The van der Waals surface area contributed by atoms with Crippen LogP contribution in [0.4, 0.5) is 0 Å². The van der Waals surface area contributed by atoms with Gasteiger partial charge in [0, 0.05) is 19.1 Å². The van der Waals surface area contributed by atoms with Gasteiger partial charge in [0.25, 0.3) is 10.2 Å². The summed E-state index contributed by atoms with van der Waals surface area (Å²) in [6, 6.07) is -0.0457. The molecule has 74 valence electrons. The third-order valence-electron chi connectivity index (χ3n) is 1.43. The lowest BCUT2D eigenvalue weighted by molar-refractivity contribution is 0.430. The van der Waals surface area contributed by atoms with Crippen LogP contribution >= 0.6 is 0 Å². The minimum Gasteiger partial charge on any atom is -0.200 e. The summed E-state index contributed by atoms with van der Waals surface area (Å²) in [5, 5.41) is 0. The number of hydrogen-bond acceptors (Lipinski definition) is 2. The molecule has 0 unspecified atom stereocenters. The van der Waals surface area contributed by atoms with Crippen molar-refractivity contribution in [3.05, 3.63) is 0 Å². The van der Waals surface area contributed by atoms with Crippen LogP contribution in [-0.2, 0) is 10.2 Å². The second-order valence-electron chi connectivity index (χ2n) is 2.86. The monoisotopic (exact) mass is 194 g/mol. The Bertz CT molecular complexity index is 207. The molecule has 0 aliphatic heterocycles. The zero-order chi connectivity index (χ0) is 9.78. The van der Waals surface area contributed by atoms with Crippen molar-refractivity contribution < 1.29 is 8.42 Å².